The van der Waals surface area contributed by atoms with Crippen LogP contribution in [0.25, 0.3) is 0 Å². The molecule has 3 heteroatoms. The van der Waals surface area contributed by atoms with Crippen LogP contribution in [0.2, 0.25) is 0 Å². The number of nitrogens with two attached hydrogens (primary N) is 1. The van der Waals surface area contributed by atoms with Crippen molar-refractivity contribution in [2.75, 3.05) is 5.73 Å². The van der Waals surface area contributed by atoms with Crippen molar-refractivity contribution >= 4 is 21.6 Å². The van der Waals surface area contributed by atoms with Crippen LogP contribution in [0.4, 0.5) is 10.1 Å². The first-order valence-electron chi connectivity index (χ1n) is 4.41. The average molecular weight is 244 g/mol. The third-order valence-electron chi connectivity index (χ3n) is 2.42. The van der Waals surface area contributed by atoms with Gasteiger partial charge in [-0.3, -0.25) is 0 Å². The standard InChI is InChI=1S/C10H11BrFN/c11-10-7(5-6-1-2-6)9(13)4-3-8(10)12/h3-4,6H,1-2,5,13H2. The summed E-state index contributed by atoms with van der Waals surface area (Å²) in [5, 5.41) is 0. The van der Waals surface area contributed by atoms with Gasteiger partial charge in [0, 0.05) is 5.69 Å². The normalized spacial score (nSPS) is 16.2. The molecule has 13 heavy (non-hydrogen) atoms. The summed E-state index contributed by atoms with van der Waals surface area (Å²) in [5.74, 6) is 0.505. The Labute approximate surface area is 85.3 Å². The van der Waals surface area contributed by atoms with Gasteiger partial charge in [-0.25, -0.2) is 4.39 Å². The quantitative estimate of drug-likeness (QED) is 0.794. The molecule has 0 aliphatic heterocycles. The van der Waals surface area contributed by atoms with E-state index < -0.39 is 0 Å². The van der Waals surface area contributed by atoms with Crippen molar-refractivity contribution in [2.24, 2.45) is 5.92 Å². The van der Waals surface area contributed by atoms with Gasteiger partial charge in [-0.2, -0.15) is 0 Å². The monoisotopic (exact) mass is 243 g/mol. The lowest BCUT2D eigenvalue weighted by Crippen LogP contribution is -1.98. The lowest BCUT2D eigenvalue weighted by Gasteiger charge is -2.07. The summed E-state index contributed by atoms with van der Waals surface area (Å²) in [4.78, 5) is 0. The van der Waals surface area contributed by atoms with Crippen LogP contribution >= 0.6 is 15.9 Å². The Morgan fingerprint density at radius 1 is 1.46 bits per heavy atom. The predicted octanol–water partition coefficient (Wildman–Crippen LogP) is 3.12. The minimum atomic E-state index is -0.218. The molecule has 1 saturated carbocycles. The van der Waals surface area contributed by atoms with Crippen LogP contribution in [-0.2, 0) is 6.42 Å². The van der Waals surface area contributed by atoms with Crippen molar-refractivity contribution in [1.82, 2.24) is 0 Å². The maximum Gasteiger partial charge on any atom is 0.137 e. The molecule has 0 bridgehead atoms. The lowest BCUT2D eigenvalue weighted by atomic mass is 10.1. The van der Waals surface area contributed by atoms with E-state index in [0.29, 0.717) is 10.2 Å². The Balaban J connectivity index is 2.34. The summed E-state index contributed by atoms with van der Waals surface area (Å²) < 4.78 is 13.7. The molecule has 1 aromatic rings. The van der Waals surface area contributed by atoms with Crippen LogP contribution in [0, 0.1) is 11.7 Å². The number of anilines is 1. The summed E-state index contributed by atoms with van der Waals surface area (Å²) in [6, 6.07) is 3.04. The molecule has 0 radical (unpaired) electrons. The van der Waals surface area contributed by atoms with Crippen molar-refractivity contribution in [3.63, 3.8) is 0 Å². The van der Waals surface area contributed by atoms with Crippen LogP contribution in [0.1, 0.15) is 18.4 Å². The second kappa shape index (κ2) is 3.29. The van der Waals surface area contributed by atoms with E-state index >= 15 is 0 Å². The molecule has 1 nitrogen and oxygen atoms in total. The van der Waals surface area contributed by atoms with E-state index in [1.165, 1.54) is 18.9 Å². The minimum absolute atomic E-state index is 0.218. The molecule has 2 rings (SSSR count). The van der Waals surface area contributed by atoms with E-state index in [2.05, 4.69) is 15.9 Å². The van der Waals surface area contributed by atoms with E-state index in [1.54, 1.807) is 6.07 Å². The number of hydrogen-bond donors (Lipinski definition) is 1. The highest BCUT2D eigenvalue weighted by molar-refractivity contribution is 9.10. The molecule has 0 heterocycles. The van der Waals surface area contributed by atoms with Gasteiger partial charge in [0.2, 0.25) is 0 Å². The van der Waals surface area contributed by atoms with Crippen LogP contribution < -0.4 is 5.73 Å². The highest BCUT2D eigenvalue weighted by Crippen LogP contribution is 2.37. The van der Waals surface area contributed by atoms with Crippen LogP contribution in [0.5, 0.6) is 0 Å². The van der Waals surface area contributed by atoms with E-state index in [1.807, 2.05) is 0 Å². The SMILES string of the molecule is Nc1ccc(F)c(Br)c1CC1CC1. The first-order valence-corrected chi connectivity index (χ1v) is 5.20. The number of halogens is 2. The maximum absolute atomic E-state index is 13.1. The van der Waals surface area contributed by atoms with E-state index in [0.717, 1.165) is 17.9 Å². The summed E-state index contributed by atoms with van der Waals surface area (Å²) in [7, 11) is 0. The fourth-order valence-corrected chi connectivity index (χ4v) is 1.95. The molecular formula is C10H11BrFN. The molecular weight excluding hydrogens is 233 g/mol. The molecule has 0 atom stereocenters. The molecule has 1 fully saturated rings. The number of nitrogen functional groups attached to an aromatic ring is 1. The van der Waals surface area contributed by atoms with Gasteiger partial charge in [-0.05, 0) is 58.8 Å². The Hall–Kier alpha value is -0.570. The van der Waals surface area contributed by atoms with Crippen LogP contribution in [-0.4, -0.2) is 0 Å². The molecule has 1 aromatic carbocycles. The Bertz CT molecular complexity index is 334. The van der Waals surface area contributed by atoms with Crippen molar-refractivity contribution in [1.29, 1.82) is 0 Å². The zero-order chi connectivity index (χ0) is 9.42. The smallest absolute Gasteiger partial charge is 0.137 e. The van der Waals surface area contributed by atoms with Crippen molar-refractivity contribution < 1.29 is 4.39 Å². The van der Waals surface area contributed by atoms with Gasteiger partial charge >= 0.3 is 0 Å². The predicted molar refractivity (Wildman–Crippen MR) is 54.9 cm³/mol. The Morgan fingerprint density at radius 2 is 2.15 bits per heavy atom. The third kappa shape index (κ3) is 1.85. The van der Waals surface area contributed by atoms with E-state index in [4.69, 9.17) is 5.73 Å². The molecule has 70 valence electrons. The highest BCUT2D eigenvalue weighted by atomic mass is 79.9. The second-order valence-corrected chi connectivity index (χ2v) is 4.37. The zero-order valence-electron chi connectivity index (χ0n) is 7.19. The first-order chi connectivity index (χ1) is 6.18. The first kappa shape index (κ1) is 9.00. The summed E-state index contributed by atoms with van der Waals surface area (Å²) >= 11 is 3.23. The maximum atomic E-state index is 13.1. The van der Waals surface area contributed by atoms with Crippen molar-refractivity contribution in [3.05, 3.63) is 28.0 Å². The minimum Gasteiger partial charge on any atom is -0.398 e. The largest absolute Gasteiger partial charge is 0.398 e. The van der Waals surface area contributed by atoms with E-state index in [9.17, 15) is 4.39 Å². The number of benzene rings is 1. The fourth-order valence-electron chi connectivity index (χ4n) is 1.43. The molecule has 0 aromatic heterocycles. The average Bonchev–Trinajstić information content (AvgIpc) is 2.89. The molecule has 0 spiro atoms. The molecule has 0 unspecified atom stereocenters. The van der Waals surface area contributed by atoms with Gasteiger partial charge in [0.25, 0.3) is 0 Å². The Morgan fingerprint density at radius 3 is 2.77 bits per heavy atom. The van der Waals surface area contributed by atoms with E-state index in [-0.39, 0.29) is 5.82 Å². The van der Waals surface area contributed by atoms with Gasteiger partial charge in [-0.1, -0.05) is 0 Å². The van der Waals surface area contributed by atoms with Gasteiger partial charge in [0.05, 0.1) is 4.47 Å². The van der Waals surface area contributed by atoms with Crippen LogP contribution in [0.15, 0.2) is 16.6 Å². The van der Waals surface area contributed by atoms with Crippen molar-refractivity contribution in [2.45, 2.75) is 19.3 Å². The van der Waals surface area contributed by atoms with Gasteiger partial charge < -0.3 is 5.73 Å². The molecule has 0 amide bonds. The summed E-state index contributed by atoms with van der Waals surface area (Å²) in [6.07, 6.45) is 3.41. The zero-order valence-corrected chi connectivity index (χ0v) is 8.77. The molecule has 1 aliphatic carbocycles. The third-order valence-corrected chi connectivity index (χ3v) is 3.28. The fraction of sp³-hybridized carbons (Fsp3) is 0.400. The summed E-state index contributed by atoms with van der Waals surface area (Å²) in [6.45, 7) is 0. The topological polar surface area (TPSA) is 26.0 Å². The summed E-state index contributed by atoms with van der Waals surface area (Å²) in [5.41, 5.74) is 7.40. The van der Waals surface area contributed by atoms with Gasteiger partial charge in [0.1, 0.15) is 5.82 Å². The van der Waals surface area contributed by atoms with Gasteiger partial charge in [-0.15, -0.1) is 0 Å². The second-order valence-electron chi connectivity index (χ2n) is 3.58. The van der Waals surface area contributed by atoms with Crippen LogP contribution in [0.3, 0.4) is 0 Å². The number of hydrogen-bond acceptors (Lipinski definition) is 1. The van der Waals surface area contributed by atoms with Crippen molar-refractivity contribution in [3.8, 4) is 0 Å². The highest BCUT2D eigenvalue weighted by Gasteiger charge is 2.24. The lowest BCUT2D eigenvalue weighted by molar-refractivity contribution is 0.617. The Kier molecular flexibility index (Phi) is 2.28. The molecule has 2 N–H and O–H groups in total. The molecule has 0 saturated heterocycles. The molecule has 1 aliphatic rings. The van der Waals surface area contributed by atoms with Gasteiger partial charge in [0.15, 0.2) is 0 Å². The number of rotatable bonds is 2.